The number of aliphatic hydroxyl groups excluding tert-OH is 1. The molecule has 0 unspecified atom stereocenters. The van der Waals surface area contributed by atoms with Crippen LogP contribution in [0.25, 0.3) is 12.2 Å². The van der Waals surface area contributed by atoms with Gasteiger partial charge in [-0.25, -0.2) is 0 Å². The van der Waals surface area contributed by atoms with Crippen molar-refractivity contribution in [2.24, 2.45) is 0 Å². The van der Waals surface area contributed by atoms with Crippen LogP contribution in [0.4, 0.5) is 0 Å². The van der Waals surface area contributed by atoms with Crippen molar-refractivity contribution in [3.05, 3.63) is 70.2 Å². The van der Waals surface area contributed by atoms with Crippen molar-refractivity contribution in [1.82, 2.24) is 4.90 Å². The van der Waals surface area contributed by atoms with Crippen molar-refractivity contribution in [2.45, 2.75) is 6.10 Å². The molecule has 0 radical (unpaired) electrons. The smallest absolute Gasteiger partial charge is 0.0916 e. The average Bonchev–Trinajstić information content (AvgIpc) is 2.46. The fourth-order valence-corrected chi connectivity index (χ4v) is 2.17. The Balaban J connectivity index is 2.03. The van der Waals surface area contributed by atoms with Gasteiger partial charge in [-0.05, 0) is 42.9 Å². The summed E-state index contributed by atoms with van der Waals surface area (Å²) in [5.41, 5.74) is 3.15. The lowest BCUT2D eigenvalue weighted by Crippen LogP contribution is -2.19. The Morgan fingerprint density at radius 3 is 1.90 bits per heavy atom. The minimum atomic E-state index is -0.450. The van der Waals surface area contributed by atoms with Gasteiger partial charge in [-0.15, -0.1) is 0 Å². The molecule has 2 nitrogen and oxygen atoms in total. The summed E-state index contributed by atoms with van der Waals surface area (Å²) in [5.74, 6) is 0. The number of nitrogens with zero attached hydrogens (tertiary/aromatic N) is 1. The van der Waals surface area contributed by atoms with E-state index < -0.39 is 6.10 Å². The van der Waals surface area contributed by atoms with Crippen LogP contribution in [-0.2, 0) is 0 Å². The summed E-state index contributed by atoms with van der Waals surface area (Å²) in [6.45, 7) is 0.625. The second kappa shape index (κ2) is 7.41. The fraction of sp³-hybridized carbons (Fsp3) is 0.222. The SMILES string of the molecule is CN(C)C[C@H](O)c1ccc(/C=C\c2ccc(Cl)cc2)cc1. The van der Waals surface area contributed by atoms with Crippen LogP contribution in [0.2, 0.25) is 5.02 Å². The van der Waals surface area contributed by atoms with Crippen LogP contribution < -0.4 is 0 Å². The molecule has 0 heterocycles. The molecule has 0 amide bonds. The van der Waals surface area contributed by atoms with Gasteiger partial charge in [0.15, 0.2) is 0 Å². The van der Waals surface area contributed by atoms with Crippen LogP contribution in [0.15, 0.2) is 48.5 Å². The molecule has 1 N–H and O–H groups in total. The van der Waals surface area contributed by atoms with E-state index in [9.17, 15) is 5.11 Å². The summed E-state index contributed by atoms with van der Waals surface area (Å²) < 4.78 is 0. The minimum Gasteiger partial charge on any atom is -0.387 e. The number of hydrogen-bond acceptors (Lipinski definition) is 2. The van der Waals surface area contributed by atoms with Crippen molar-refractivity contribution in [3.8, 4) is 0 Å². The first-order valence-electron chi connectivity index (χ1n) is 6.91. The number of hydrogen-bond donors (Lipinski definition) is 1. The van der Waals surface area contributed by atoms with Crippen molar-refractivity contribution < 1.29 is 5.11 Å². The number of benzene rings is 2. The highest BCUT2D eigenvalue weighted by atomic mass is 35.5. The topological polar surface area (TPSA) is 23.5 Å². The summed E-state index contributed by atoms with van der Waals surface area (Å²) in [4.78, 5) is 1.97. The van der Waals surface area contributed by atoms with Gasteiger partial charge >= 0.3 is 0 Å². The van der Waals surface area contributed by atoms with E-state index >= 15 is 0 Å². The number of likely N-dealkylation sites (N-methyl/N-ethyl adjacent to an activating group) is 1. The molecule has 2 aromatic rings. The zero-order valence-corrected chi connectivity index (χ0v) is 13.1. The molecule has 3 heteroatoms. The number of rotatable bonds is 5. The van der Waals surface area contributed by atoms with Gasteiger partial charge in [0, 0.05) is 11.6 Å². The molecule has 0 aromatic heterocycles. The molecular formula is C18H20ClNO. The third-order valence-corrected chi connectivity index (χ3v) is 3.45. The van der Waals surface area contributed by atoms with E-state index in [1.165, 1.54) is 0 Å². The normalized spacial score (nSPS) is 13.0. The van der Waals surface area contributed by atoms with E-state index in [2.05, 4.69) is 0 Å². The number of aliphatic hydroxyl groups is 1. The zero-order valence-electron chi connectivity index (χ0n) is 12.3. The molecule has 1 atom stereocenters. The molecule has 0 fully saturated rings. The Kier molecular flexibility index (Phi) is 5.57. The predicted molar refractivity (Wildman–Crippen MR) is 90.3 cm³/mol. The minimum absolute atomic E-state index is 0.450. The van der Waals surface area contributed by atoms with Crippen molar-refractivity contribution in [1.29, 1.82) is 0 Å². The van der Waals surface area contributed by atoms with Gasteiger partial charge in [-0.3, -0.25) is 0 Å². The van der Waals surface area contributed by atoms with E-state index in [0.29, 0.717) is 6.54 Å². The van der Waals surface area contributed by atoms with Crippen LogP contribution in [0.1, 0.15) is 22.8 Å². The van der Waals surface area contributed by atoms with E-state index in [4.69, 9.17) is 11.6 Å². The highest BCUT2D eigenvalue weighted by Gasteiger charge is 2.07. The van der Waals surface area contributed by atoms with Gasteiger partial charge in [0.1, 0.15) is 0 Å². The molecule has 0 saturated heterocycles. The van der Waals surface area contributed by atoms with Crippen molar-refractivity contribution in [2.75, 3.05) is 20.6 Å². The maximum absolute atomic E-state index is 10.0. The Morgan fingerprint density at radius 2 is 1.43 bits per heavy atom. The van der Waals surface area contributed by atoms with E-state index in [1.54, 1.807) is 0 Å². The Bertz CT molecular complexity index is 588. The molecule has 0 bridgehead atoms. The molecule has 0 aliphatic rings. The molecule has 2 rings (SSSR count). The lowest BCUT2D eigenvalue weighted by atomic mass is 10.1. The number of halogens is 1. The van der Waals surface area contributed by atoms with E-state index in [-0.39, 0.29) is 0 Å². The maximum atomic E-state index is 10.0. The monoisotopic (exact) mass is 301 g/mol. The summed E-state index contributed by atoms with van der Waals surface area (Å²) in [5, 5.41) is 10.8. The first-order chi connectivity index (χ1) is 10.0. The Labute approximate surface area is 131 Å². The van der Waals surface area contributed by atoms with Crippen LogP contribution in [0.3, 0.4) is 0 Å². The Hall–Kier alpha value is -1.61. The fourth-order valence-electron chi connectivity index (χ4n) is 2.05. The summed E-state index contributed by atoms with van der Waals surface area (Å²) in [6.07, 6.45) is 3.64. The molecule has 0 aliphatic carbocycles. The van der Waals surface area contributed by atoms with Gasteiger partial charge in [0.05, 0.1) is 6.10 Å². The lowest BCUT2D eigenvalue weighted by molar-refractivity contribution is 0.138. The second-order valence-corrected chi connectivity index (χ2v) is 5.77. The molecule has 110 valence electrons. The third kappa shape index (κ3) is 5.01. The van der Waals surface area contributed by atoms with Crippen molar-refractivity contribution in [3.63, 3.8) is 0 Å². The summed E-state index contributed by atoms with van der Waals surface area (Å²) in [7, 11) is 3.90. The molecular weight excluding hydrogens is 282 g/mol. The largest absolute Gasteiger partial charge is 0.387 e. The van der Waals surface area contributed by atoms with Crippen LogP contribution in [0.5, 0.6) is 0 Å². The van der Waals surface area contributed by atoms with Gasteiger partial charge < -0.3 is 10.0 Å². The quantitative estimate of drug-likeness (QED) is 0.840. The molecule has 0 aliphatic heterocycles. The Morgan fingerprint density at radius 1 is 0.952 bits per heavy atom. The van der Waals surface area contributed by atoms with Crippen LogP contribution in [-0.4, -0.2) is 30.6 Å². The van der Waals surface area contributed by atoms with Crippen molar-refractivity contribution >= 4 is 23.8 Å². The van der Waals surface area contributed by atoms with E-state index in [1.807, 2.05) is 79.7 Å². The highest BCUT2D eigenvalue weighted by Crippen LogP contribution is 2.16. The summed E-state index contributed by atoms with van der Waals surface area (Å²) in [6, 6.07) is 15.7. The first kappa shape index (κ1) is 15.8. The first-order valence-corrected chi connectivity index (χ1v) is 7.29. The lowest BCUT2D eigenvalue weighted by Gasteiger charge is -2.16. The maximum Gasteiger partial charge on any atom is 0.0916 e. The highest BCUT2D eigenvalue weighted by molar-refractivity contribution is 6.30. The zero-order chi connectivity index (χ0) is 15.2. The van der Waals surface area contributed by atoms with Gasteiger partial charge in [0.25, 0.3) is 0 Å². The molecule has 0 spiro atoms. The van der Waals surface area contributed by atoms with Crippen LogP contribution >= 0.6 is 11.6 Å². The molecule has 2 aromatic carbocycles. The van der Waals surface area contributed by atoms with Gasteiger partial charge in [-0.2, -0.15) is 0 Å². The molecule has 21 heavy (non-hydrogen) atoms. The summed E-state index contributed by atoms with van der Waals surface area (Å²) >= 11 is 5.86. The average molecular weight is 302 g/mol. The standard InChI is InChI=1S/C18H20ClNO/c1-20(2)13-18(21)16-9-5-14(6-10-16)3-4-15-7-11-17(19)12-8-15/h3-12,18,21H,13H2,1-2H3/b4-3-/t18-/m0/s1. The van der Waals surface area contributed by atoms with Crippen LogP contribution in [0, 0.1) is 0 Å². The second-order valence-electron chi connectivity index (χ2n) is 5.33. The molecule has 0 saturated carbocycles. The van der Waals surface area contributed by atoms with Gasteiger partial charge in [-0.1, -0.05) is 60.2 Å². The predicted octanol–water partition coefficient (Wildman–Crippen LogP) is 4.11. The van der Waals surface area contributed by atoms with Gasteiger partial charge in [0.2, 0.25) is 0 Å². The van der Waals surface area contributed by atoms with E-state index in [0.717, 1.165) is 21.7 Å². The third-order valence-electron chi connectivity index (χ3n) is 3.20.